The molecule has 0 aromatic carbocycles. The molecule has 1 amide bonds. The zero-order chi connectivity index (χ0) is 11.4. The molecule has 86 valence electrons. The Hall–Kier alpha value is -1.42. The molecule has 16 heavy (non-hydrogen) atoms. The van der Waals surface area contributed by atoms with Gasteiger partial charge < -0.3 is 10.0 Å². The Balaban J connectivity index is 1.92. The molecule has 1 aliphatic heterocycles. The number of aliphatic hydroxyl groups excluding tert-OH is 1. The maximum Gasteiger partial charge on any atom is 0.225 e. The molecule has 1 fully saturated rings. The van der Waals surface area contributed by atoms with Crippen LogP contribution in [0.5, 0.6) is 0 Å². The Bertz CT molecular complexity index is 347. The maximum atomic E-state index is 11.8. The third kappa shape index (κ3) is 2.58. The summed E-state index contributed by atoms with van der Waals surface area (Å²) in [5, 5.41) is 9.86. The predicted molar refractivity (Wildman–Crippen MR) is 59.6 cm³/mol. The van der Waals surface area contributed by atoms with Gasteiger partial charge in [0.15, 0.2) is 0 Å². The van der Waals surface area contributed by atoms with Crippen molar-refractivity contribution in [1.82, 2.24) is 9.88 Å². The molecule has 2 heterocycles. The second kappa shape index (κ2) is 5.07. The van der Waals surface area contributed by atoms with Crippen LogP contribution in [0.4, 0.5) is 0 Å². The van der Waals surface area contributed by atoms with Crippen molar-refractivity contribution in [2.24, 2.45) is 0 Å². The molecule has 4 nitrogen and oxygen atoms in total. The van der Waals surface area contributed by atoms with Gasteiger partial charge in [0.05, 0.1) is 12.5 Å². The molecule has 0 radical (unpaired) electrons. The molecular weight excluding hydrogens is 204 g/mol. The average molecular weight is 220 g/mol. The van der Waals surface area contributed by atoms with Gasteiger partial charge in [0.25, 0.3) is 0 Å². The largest absolute Gasteiger partial charge is 0.388 e. The second-order valence-corrected chi connectivity index (χ2v) is 4.09. The van der Waals surface area contributed by atoms with Gasteiger partial charge in [0, 0.05) is 25.5 Å². The van der Waals surface area contributed by atoms with Gasteiger partial charge in [-0.05, 0) is 24.5 Å². The van der Waals surface area contributed by atoms with Crippen molar-refractivity contribution < 1.29 is 9.90 Å². The van der Waals surface area contributed by atoms with Crippen LogP contribution in [0.25, 0.3) is 0 Å². The summed E-state index contributed by atoms with van der Waals surface area (Å²) in [5.41, 5.74) is 0.704. The summed E-state index contributed by atoms with van der Waals surface area (Å²) in [4.78, 5) is 17.5. The van der Waals surface area contributed by atoms with Crippen molar-refractivity contribution in [2.75, 3.05) is 13.1 Å². The minimum absolute atomic E-state index is 0.0360. The smallest absolute Gasteiger partial charge is 0.225 e. The lowest BCUT2D eigenvalue weighted by Gasteiger charge is -2.17. The highest BCUT2D eigenvalue weighted by atomic mass is 16.3. The van der Waals surface area contributed by atoms with Crippen LogP contribution in [-0.4, -0.2) is 34.0 Å². The molecule has 2 rings (SSSR count). The Morgan fingerprint density at radius 2 is 2.25 bits per heavy atom. The highest BCUT2D eigenvalue weighted by Gasteiger charge is 2.21. The van der Waals surface area contributed by atoms with Gasteiger partial charge in [-0.3, -0.25) is 9.78 Å². The summed E-state index contributed by atoms with van der Waals surface area (Å²) < 4.78 is 0. The molecular formula is C12H16N2O2. The minimum Gasteiger partial charge on any atom is -0.388 e. The van der Waals surface area contributed by atoms with E-state index >= 15 is 0 Å². The minimum atomic E-state index is -0.734. The average Bonchev–Trinajstić information content (AvgIpc) is 2.83. The van der Waals surface area contributed by atoms with Crippen molar-refractivity contribution >= 4 is 5.91 Å². The number of hydrogen-bond donors (Lipinski definition) is 1. The van der Waals surface area contributed by atoms with Crippen LogP contribution in [0, 0.1) is 0 Å². The van der Waals surface area contributed by atoms with Gasteiger partial charge in [-0.15, -0.1) is 0 Å². The van der Waals surface area contributed by atoms with E-state index in [-0.39, 0.29) is 12.3 Å². The molecule has 0 spiro atoms. The van der Waals surface area contributed by atoms with Crippen molar-refractivity contribution in [3.05, 3.63) is 30.1 Å². The van der Waals surface area contributed by atoms with E-state index in [0.717, 1.165) is 25.9 Å². The fourth-order valence-corrected chi connectivity index (χ4v) is 1.95. The van der Waals surface area contributed by atoms with Gasteiger partial charge >= 0.3 is 0 Å². The van der Waals surface area contributed by atoms with Crippen molar-refractivity contribution in [1.29, 1.82) is 0 Å². The monoisotopic (exact) mass is 220 g/mol. The van der Waals surface area contributed by atoms with Gasteiger partial charge in [-0.25, -0.2) is 0 Å². The summed E-state index contributed by atoms with van der Waals surface area (Å²) in [6.07, 6.45) is 4.83. The zero-order valence-corrected chi connectivity index (χ0v) is 9.17. The third-order valence-corrected chi connectivity index (χ3v) is 2.90. The van der Waals surface area contributed by atoms with Crippen LogP contribution in [-0.2, 0) is 4.79 Å². The molecule has 1 atom stereocenters. The Labute approximate surface area is 94.9 Å². The summed E-state index contributed by atoms with van der Waals surface area (Å²) in [6.45, 7) is 1.66. The first-order valence-corrected chi connectivity index (χ1v) is 5.63. The first-order chi connectivity index (χ1) is 7.77. The van der Waals surface area contributed by atoms with Crippen LogP contribution in [0.3, 0.4) is 0 Å². The summed E-state index contributed by atoms with van der Waals surface area (Å²) >= 11 is 0. The highest BCUT2D eigenvalue weighted by Crippen LogP contribution is 2.18. The molecule has 0 aliphatic carbocycles. The number of amides is 1. The molecule has 0 bridgehead atoms. The Kier molecular flexibility index (Phi) is 3.51. The molecule has 1 N–H and O–H groups in total. The second-order valence-electron chi connectivity index (χ2n) is 4.09. The summed E-state index contributed by atoms with van der Waals surface area (Å²) in [7, 11) is 0. The lowest BCUT2D eigenvalue weighted by molar-refractivity contribution is -0.132. The number of aromatic nitrogens is 1. The fraction of sp³-hybridized carbons (Fsp3) is 0.500. The summed E-state index contributed by atoms with van der Waals surface area (Å²) in [5.74, 6) is 0.0360. The van der Waals surface area contributed by atoms with E-state index in [1.54, 1.807) is 24.5 Å². The lowest BCUT2D eigenvalue weighted by Crippen LogP contribution is -2.28. The Morgan fingerprint density at radius 1 is 1.50 bits per heavy atom. The predicted octanol–water partition coefficient (Wildman–Crippen LogP) is 1.13. The van der Waals surface area contributed by atoms with E-state index in [2.05, 4.69) is 4.98 Å². The van der Waals surface area contributed by atoms with E-state index in [1.165, 1.54) is 0 Å². The quantitative estimate of drug-likeness (QED) is 0.830. The molecule has 0 unspecified atom stereocenters. The van der Waals surface area contributed by atoms with Gasteiger partial charge in [0.1, 0.15) is 0 Å². The molecule has 1 saturated heterocycles. The number of hydrogen-bond acceptors (Lipinski definition) is 3. The van der Waals surface area contributed by atoms with Crippen LogP contribution in [0.1, 0.15) is 30.9 Å². The lowest BCUT2D eigenvalue weighted by atomic mass is 10.1. The van der Waals surface area contributed by atoms with Gasteiger partial charge in [0.2, 0.25) is 5.91 Å². The topological polar surface area (TPSA) is 53.4 Å². The summed E-state index contributed by atoms with van der Waals surface area (Å²) in [6, 6.07) is 3.55. The number of aliphatic hydroxyl groups is 1. The highest BCUT2D eigenvalue weighted by molar-refractivity contribution is 5.77. The number of nitrogens with zero attached hydrogens (tertiary/aromatic N) is 2. The number of carbonyl (C=O) groups excluding carboxylic acids is 1. The third-order valence-electron chi connectivity index (χ3n) is 2.90. The molecule has 4 heteroatoms. The van der Waals surface area contributed by atoms with Crippen LogP contribution < -0.4 is 0 Å². The Morgan fingerprint density at radius 3 is 2.88 bits per heavy atom. The molecule has 0 saturated carbocycles. The van der Waals surface area contributed by atoms with Crippen LogP contribution in [0.2, 0.25) is 0 Å². The first kappa shape index (κ1) is 11.1. The molecule has 1 aromatic rings. The number of likely N-dealkylation sites (tertiary alicyclic amines) is 1. The number of rotatable bonds is 3. The van der Waals surface area contributed by atoms with Gasteiger partial charge in [-0.2, -0.15) is 0 Å². The van der Waals surface area contributed by atoms with E-state index in [4.69, 9.17) is 0 Å². The van der Waals surface area contributed by atoms with Crippen LogP contribution in [0.15, 0.2) is 24.5 Å². The van der Waals surface area contributed by atoms with E-state index in [9.17, 15) is 9.90 Å². The molecule has 1 aliphatic rings. The first-order valence-electron chi connectivity index (χ1n) is 5.63. The van der Waals surface area contributed by atoms with Crippen molar-refractivity contribution in [2.45, 2.75) is 25.4 Å². The van der Waals surface area contributed by atoms with Crippen molar-refractivity contribution in [3.63, 3.8) is 0 Å². The zero-order valence-electron chi connectivity index (χ0n) is 9.17. The van der Waals surface area contributed by atoms with Gasteiger partial charge in [-0.1, -0.05) is 6.07 Å². The van der Waals surface area contributed by atoms with Crippen LogP contribution >= 0.6 is 0 Å². The fourth-order valence-electron chi connectivity index (χ4n) is 1.95. The van der Waals surface area contributed by atoms with E-state index in [0.29, 0.717) is 5.56 Å². The van der Waals surface area contributed by atoms with E-state index in [1.807, 2.05) is 4.90 Å². The van der Waals surface area contributed by atoms with E-state index < -0.39 is 6.10 Å². The molecule has 1 aromatic heterocycles. The SMILES string of the molecule is O=C(C[C@@H](O)c1cccnc1)N1CCCC1. The number of carbonyl (C=O) groups is 1. The number of pyridine rings is 1. The standard InChI is InChI=1S/C12H16N2O2/c15-11(10-4-3-5-13-9-10)8-12(16)14-6-1-2-7-14/h3-5,9,11,15H,1-2,6-8H2/t11-/m1/s1. The normalized spacial score (nSPS) is 17.4. The van der Waals surface area contributed by atoms with Crippen molar-refractivity contribution in [3.8, 4) is 0 Å². The maximum absolute atomic E-state index is 11.8.